The molecule has 1 aromatic heterocycles. The first kappa shape index (κ1) is 13.2. The molecule has 0 saturated carbocycles. The van der Waals surface area contributed by atoms with E-state index in [2.05, 4.69) is 23.4 Å². The van der Waals surface area contributed by atoms with Gasteiger partial charge in [-0.3, -0.25) is 4.99 Å². The molecule has 0 radical (unpaired) electrons. The second-order valence-corrected chi connectivity index (χ2v) is 6.51. The van der Waals surface area contributed by atoms with E-state index in [0.29, 0.717) is 12.4 Å². The van der Waals surface area contributed by atoms with Gasteiger partial charge in [-0.15, -0.1) is 0 Å². The normalized spacial score (nSPS) is 28.3. The van der Waals surface area contributed by atoms with Crippen LogP contribution in [0.15, 0.2) is 46.9 Å². The molecule has 0 saturated heterocycles. The third-order valence-electron chi connectivity index (χ3n) is 4.28. The van der Waals surface area contributed by atoms with Gasteiger partial charge in [0.05, 0.1) is 12.2 Å². The smallest absolute Gasteiger partial charge is 0.143 e. The first-order chi connectivity index (χ1) is 9.33. The van der Waals surface area contributed by atoms with E-state index in [1.807, 2.05) is 31.3 Å². The molecule has 0 bridgehead atoms. The Morgan fingerprint density at radius 2 is 2.10 bits per heavy atom. The second-order valence-electron chi connectivity index (χ2n) is 6.51. The van der Waals surface area contributed by atoms with Gasteiger partial charge in [0.15, 0.2) is 0 Å². The molecule has 1 aliphatic carbocycles. The molecule has 106 valence electrons. The lowest BCUT2D eigenvalue weighted by molar-refractivity contribution is 0.316. The zero-order chi connectivity index (χ0) is 14.5. The highest BCUT2D eigenvalue weighted by atomic mass is 19.1. The number of nitrogens with two attached hydrogens (primary N) is 1. The fourth-order valence-electron chi connectivity index (χ4n) is 3.56. The summed E-state index contributed by atoms with van der Waals surface area (Å²) in [5.41, 5.74) is 6.85. The summed E-state index contributed by atoms with van der Waals surface area (Å²) in [6.45, 7) is 6.72. The summed E-state index contributed by atoms with van der Waals surface area (Å²) < 4.78 is 16.5. The van der Waals surface area contributed by atoms with E-state index < -0.39 is 5.54 Å². The minimum Gasteiger partial charge on any atom is -0.382 e. The van der Waals surface area contributed by atoms with E-state index in [1.165, 1.54) is 0 Å². The third-order valence-corrected chi connectivity index (χ3v) is 4.28. The Kier molecular flexibility index (Phi) is 2.68. The monoisotopic (exact) mass is 273 g/mol. The summed E-state index contributed by atoms with van der Waals surface area (Å²) in [7, 11) is 0. The molecule has 3 nitrogen and oxygen atoms in total. The molecule has 1 unspecified atom stereocenters. The molecule has 2 N–H and O–H groups in total. The maximum atomic E-state index is 14.5. The molecule has 1 atom stereocenters. The van der Waals surface area contributed by atoms with Gasteiger partial charge in [0, 0.05) is 11.8 Å². The van der Waals surface area contributed by atoms with Crippen LogP contribution in [-0.2, 0) is 6.54 Å². The molecule has 2 aliphatic rings. The Labute approximate surface area is 118 Å². The van der Waals surface area contributed by atoms with Gasteiger partial charge >= 0.3 is 0 Å². The molecule has 3 rings (SSSR count). The van der Waals surface area contributed by atoms with Crippen LogP contribution in [0.2, 0.25) is 0 Å². The number of fused-ring (bicyclic) bond motifs is 1. The van der Waals surface area contributed by atoms with Crippen molar-refractivity contribution in [2.24, 2.45) is 16.1 Å². The lowest BCUT2D eigenvalue weighted by Gasteiger charge is -2.42. The van der Waals surface area contributed by atoms with Crippen molar-refractivity contribution in [1.82, 2.24) is 4.57 Å². The van der Waals surface area contributed by atoms with Gasteiger partial charge in [-0.2, -0.15) is 0 Å². The molecule has 20 heavy (non-hydrogen) atoms. The van der Waals surface area contributed by atoms with Crippen LogP contribution in [0.4, 0.5) is 4.39 Å². The van der Waals surface area contributed by atoms with Gasteiger partial charge in [0.2, 0.25) is 0 Å². The first-order valence-electron chi connectivity index (χ1n) is 6.92. The third kappa shape index (κ3) is 1.82. The standard InChI is InChI=1S/C16H20FN3/c1-15(2)8-4-6-11(17)13(15)16(3)10-20-9-5-7-12(20)14(18)19-16/h4-7,9H,8,10H2,1-3H3,(H2,18,19). The van der Waals surface area contributed by atoms with Gasteiger partial charge < -0.3 is 10.3 Å². The van der Waals surface area contributed by atoms with Crippen molar-refractivity contribution in [3.63, 3.8) is 0 Å². The van der Waals surface area contributed by atoms with Crippen LogP contribution >= 0.6 is 0 Å². The van der Waals surface area contributed by atoms with Crippen molar-refractivity contribution >= 4 is 5.84 Å². The van der Waals surface area contributed by atoms with Crippen LogP contribution in [0.3, 0.4) is 0 Å². The van der Waals surface area contributed by atoms with Gasteiger partial charge in [0.1, 0.15) is 17.2 Å². The van der Waals surface area contributed by atoms with Crippen molar-refractivity contribution in [3.8, 4) is 0 Å². The average molecular weight is 273 g/mol. The highest BCUT2D eigenvalue weighted by molar-refractivity contribution is 5.97. The number of hydrogen-bond acceptors (Lipinski definition) is 2. The molecule has 0 aromatic carbocycles. The number of nitrogens with zero attached hydrogens (tertiary/aromatic N) is 2. The van der Waals surface area contributed by atoms with Gasteiger partial charge in [-0.25, -0.2) is 4.39 Å². The Bertz CT molecular complexity index is 648. The Hall–Kier alpha value is -1.84. The SMILES string of the molecule is CC1(C)CC=CC(F)=C1C1(C)Cn2cccc2C(N)=N1. The molecule has 0 spiro atoms. The predicted octanol–water partition coefficient (Wildman–Crippen LogP) is 3.18. The lowest BCUT2D eigenvalue weighted by Crippen LogP contribution is -2.44. The quantitative estimate of drug-likeness (QED) is 0.839. The van der Waals surface area contributed by atoms with E-state index in [4.69, 9.17) is 5.73 Å². The largest absolute Gasteiger partial charge is 0.382 e. The Balaban J connectivity index is 2.15. The van der Waals surface area contributed by atoms with E-state index in [-0.39, 0.29) is 11.2 Å². The zero-order valence-corrected chi connectivity index (χ0v) is 12.2. The molecule has 1 aliphatic heterocycles. The fourth-order valence-corrected chi connectivity index (χ4v) is 3.56. The van der Waals surface area contributed by atoms with Crippen molar-refractivity contribution in [2.75, 3.05) is 0 Å². The van der Waals surface area contributed by atoms with Crippen molar-refractivity contribution in [3.05, 3.63) is 47.6 Å². The van der Waals surface area contributed by atoms with Crippen LogP contribution < -0.4 is 5.73 Å². The topological polar surface area (TPSA) is 43.3 Å². The van der Waals surface area contributed by atoms with E-state index in [0.717, 1.165) is 17.7 Å². The van der Waals surface area contributed by atoms with Crippen LogP contribution in [-0.4, -0.2) is 15.9 Å². The zero-order valence-electron chi connectivity index (χ0n) is 12.2. The highest BCUT2D eigenvalue weighted by Gasteiger charge is 2.43. The summed E-state index contributed by atoms with van der Waals surface area (Å²) in [5, 5.41) is 0. The molecule has 0 amide bonds. The summed E-state index contributed by atoms with van der Waals surface area (Å²) >= 11 is 0. The van der Waals surface area contributed by atoms with Crippen molar-refractivity contribution in [1.29, 1.82) is 0 Å². The maximum Gasteiger partial charge on any atom is 0.143 e. The lowest BCUT2D eigenvalue weighted by atomic mass is 9.69. The molecule has 0 fully saturated rings. The number of rotatable bonds is 1. The predicted molar refractivity (Wildman–Crippen MR) is 79.2 cm³/mol. The molecule has 1 aromatic rings. The molecule has 2 heterocycles. The summed E-state index contributed by atoms with van der Waals surface area (Å²) in [5.74, 6) is 0.310. The van der Waals surface area contributed by atoms with Gasteiger partial charge in [0.25, 0.3) is 0 Å². The number of aromatic nitrogens is 1. The minimum absolute atomic E-state index is 0.170. The van der Waals surface area contributed by atoms with Crippen LogP contribution in [0.1, 0.15) is 32.9 Å². The number of halogens is 1. The number of allylic oxidation sites excluding steroid dienone is 3. The fraction of sp³-hybridized carbons (Fsp3) is 0.438. The second kappa shape index (κ2) is 4.08. The highest BCUT2D eigenvalue weighted by Crippen LogP contribution is 2.46. The van der Waals surface area contributed by atoms with Gasteiger partial charge in [-0.1, -0.05) is 19.9 Å². The van der Waals surface area contributed by atoms with Crippen LogP contribution in [0, 0.1) is 5.41 Å². The van der Waals surface area contributed by atoms with Crippen LogP contribution in [0.25, 0.3) is 0 Å². The first-order valence-corrected chi connectivity index (χ1v) is 6.92. The number of amidine groups is 1. The van der Waals surface area contributed by atoms with Crippen molar-refractivity contribution < 1.29 is 4.39 Å². The summed E-state index contributed by atoms with van der Waals surface area (Å²) in [4.78, 5) is 4.64. The van der Waals surface area contributed by atoms with E-state index >= 15 is 0 Å². The number of hydrogen-bond donors (Lipinski definition) is 1. The Morgan fingerprint density at radius 3 is 2.80 bits per heavy atom. The maximum absolute atomic E-state index is 14.5. The number of aliphatic imine (C=N–C) groups is 1. The molecule has 4 heteroatoms. The average Bonchev–Trinajstić information content (AvgIpc) is 2.74. The molecular weight excluding hydrogens is 253 g/mol. The minimum atomic E-state index is -0.631. The van der Waals surface area contributed by atoms with Crippen LogP contribution in [0.5, 0.6) is 0 Å². The van der Waals surface area contributed by atoms with Crippen molar-refractivity contribution in [2.45, 2.75) is 39.3 Å². The molecular formula is C16H20FN3. The summed E-state index contributed by atoms with van der Waals surface area (Å²) in [6, 6.07) is 3.88. The Morgan fingerprint density at radius 1 is 1.35 bits per heavy atom. The van der Waals surface area contributed by atoms with E-state index in [9.17, 15) is 4.39 Å². The summed E-state index contributed by atoms with van der Waals surface area (Å²) in [6.07, 6.45) is 6.24. The van der Waals surface area contributed by atoms with Gasteiger partial charge in [-0.05, 0) is 37.0 Å². The van der Waals surface area contributed by atoms with E-state index in [1.54, 1.807) is 6.08 Å².